The van der Waals surface area contributed by atoms with Gasteiger partial charge in [0.25, 0.3) is 0 Å². The highest BCUT2D eigenvalue weighted by Gasteiger charge is 2.15. The van der Waals surface area contributed by atoms with Crippen molar-refractivity contribution in [1.82, 2.24) is 9.80 Å². The van der Waals surface area contributed by atoms with Gasteiger partial charge in [0.1, 0.15) is 0 Å². The van der Waals surface area contributed by atoms with Crippen molar-refractivity contribution >= 4 is 0 Å². The molecule has 0 aromatic carbocycles. The fraction of sp³-hybridized carbons (Fsp3) is 1.00. The van der Waals surface area contributed by atoms with E-state index in [0.717, 1.165) is 12.5 Å². The molecule has 0 radical (unpaired) electrons. The molecule has 0 aromatic heterocycles. The summed E-state index contributed by atoms with van der Waals surface area (Å²) >= 11 is 0. The Balaban J connectivity index is 0.00000154. The standard InChI is InChI=1S/C14H31N3.C2H6/c1-3-14(7-8-15)6-5-9-17-12-10-16(4-2)11-13-17;1-2/h14H,3-13,15H2,1-2H3;1-2H3. The Labute approximate surface area is 121 Å². The molecule has 1 unspecified atom stereocenters. The molecule has 1 atom stereocenters. The monoisotopic (exact) mass is 271 g/mol. The van der Waals surface area contributed by atoms with Crippen molar-refractivity contribution in [3.63, 3.8) is 0 Å². The zero-order valence-corrected chi connectivity index (χ0v) is 13.8. The average Bonchev–Trinajstić information content (AvgIpc) is 2.49. The zero-order valence-electron chi connectivity index (χ0n) is 13.8. The molecular formula is C16H37N3. The van der Waals surface area contributed by atoms with Crippen molar-refractivity contribution in [3.05, 3.63) is 0 Å². The van der Waals surface area contributed by atoms with E-state index in [2.05, 4.69) is 23.6 Å². The second-order valence-electron chi connectivity index (χ2n) is 5.27. The SMILES string of the molecule is CC.CCC(CCN)CCCN1CCN(CC)CC1. The van der Waals surface area contributed by atoms with E-state index >= 15 is 0 Å². The van der Waals surface area contributed by atoms with Crippen LogP contribution in [0.4, 0.5) is 0 Å². The summed E-state index contributed by atoms with van der Waals surface area (Å²) in [5, 5.41) is 0. The summed E-state index contributed by atoms with van der Waals surface area (Å²) in [5.41, 5.74) is 5.63. The minimum absolute atomic E-state index is 0.855. The van der Waals surface area contributed by atoms with Crippen LogP contribution in [0.15, 0.2) is 0 Å². The summed E-state index contributed by atoms with van der Waals surface area (Å²) in [5.74, 6) is 0.858. The fourth-order valence-corrected chi connectivity index (χ4v) is 2.72. The van der Waals surface area contributed by atoms with Crippen LogP contribution in [0.3, 0.4) is 0 Å². The molecule has 1 saturated heterocycles. The van der Waals surface area contributed by atoms with Gasteiger partial charge in [0.15, 0.2) is 0 Å². The Morgan fingerprint density at radius 3 is 2.00 bits per heavy atom. The number of hydrogen-bond acceptors (Lipinski definition) is 3. The molecular weight excluding hydrogens is 234 g/mol. The number of rotatable bonds is 8. The molecule has 3 nitrogen and oxygen atoms in total. The Hall–Kier alpha value is -0.120. The molecule has 0 spiro atoms. The summed E-state index contributed by atoms with van der Waals surface area (Å²) in [7, 11) is 0. The van der Waals surface area contributed by atoms with Crippen molar-refractivity contribution in [2.75, 3.05) is 45.8 Å². The van der Waals surface area contributed by atoms with E-state index in [4.69, 9.17) is 5.73 Å². The topological polar surface area (TPSA) is 32.5 Å². The van der Waals surface area contributed by atoms with Gasteiger partial charge >= 0.3 is 0 Å². The van der Waals surface area contributed by atoms with E-state index in [1.54, 1.807) is 0 Å². The third kappa shape index (κ3) is 8.61. The molecule has 1 rings (SSSR count). The van der Waals surface area contributed by atoms with E-state index in [9.17, 15) is 0 Å². The molecule has 2 N–H and O–H groups in total. The van der Waals surface area contributed by atoms with Crippen LogP contribution in [0.25, 0.3) is 0 Å². The van der Waals surface area contributed by atoms with Crippen molar-refractivity contribution in [1.29, 1.82) is 0 Å². The number of likely N-dealkylation sites (N-methyl/N-ethyl adjacent to an activating group) is 1. The Kier molecular flexibility index (Phi) is 12.8. The van der Waals surface area contributed by atoms with Gasteiger partial charge in [-0.15, -0.1) is 0 Å². The fourth-order valence-electron chi connectivity index (χ4n) is 2.72. The van der Waals surface area contributed by atoms with Crippen LogP contribution >= 0.6 is 0 Å². The van der Waals surface area contributed by atoms with Crippen LogP contribution < -0.4 is 5.73 Å². The van der Waals surface area contributed by atoms with Gasteiger partial charge < -0.3 is 15.5 Å². The van der Waals surface area contributed by atoms with Crippen molar-refractivity contribution < 1.29 is 0 Å². The predicted octanol–water partition coefficient (Wildman–Crippen LogP) is 2.81. The lowest BCUT2D eigenvalue weighted by molar-refractivity contribution is 0.134. The first-order valence-electron chi connectivity index (χ1n) is 8.44. The summed E-state index contributed by atoms with van der Waals surface area (Å²) in [4.78, 5) is 5.17. The van der Waals surface area contributed by atoms with Crippen LogP contribution in [0.2, 0.25) is 0 Å². The molecule has 0 aliphatic carbocycles. The highest BCUT2D eigenvalue weighted by Crippen LogP contribution is 2.15. The summed E-state index contributed by atoms with van der Waals surface area (Å²) in [6, 6.07) is 0. The molecule has 1 aliphatic rings. The van der Waals surface area contributed by atoms with Crippen molar-refractivity contribution in [3.8, 4) is 0 Å². The van der Waals surface area contributed by atoms with E-state index in [0.29, 0.717) is 0 Å². The third-order valence-corrected chi connectivity index (χ3v) is 4.15. The predicted molar refractivity (Wildman–Crippen MR) is 86.6 cm³/mol. The smallest absolute Gasteiger partial charge is 0.0110 e. The maximum absolute atomic E-state index is 5.63. The molecule has 3 heteroatoms. The minimum Gasteiger partial charge on any atom is -0.330 e. The first-order chi connectivity index (χ1) is 9.30. The number of nitrogens with two attached hydrogens (primary N) is 1. The Morgan fingerprint density at radius 2 is 1.53 bits per heavy atom. The molecule has 0 bridgehead atoms. The van der Waals surface area contributed by atoms with Gasteiger partial charge in [-0.1, -0.05) is 34.1 Å². The maximum atomic E-state index is 5.63. The van der Waals surface area contributed by atoms with Gasteiger partial charge in [-0.3, -0.25) is 0 Å². The quantitative estimate of drug-likeness (QED) is 0.737. The molecule has 0 amide bonds. The maximum Gasteiger partial charge on any atom is 0.0110 e. The van der Waals surface area contributed by atoms with Crippen molar-refractivity contribution in [2.45, 2.75) is 53.4 Å². The van der Waals surface area contributed by atoms with E-state index < -0.39 is 0 Å². The lowest BCUT2D eigenvalue weighted by atomic mass is 9.96. The average molecular weight is 271 g/mol. The summed E-state index contributed by atoms with van der Waals surface area (Å²) < 4.78 is 0. The van der Waals surface area contributed by atoms with E-state index in [-0.39, 0.29) is 0 Å². The highest BCUT2D eigenvalue weighted by molar-refractivity contribution is 4.71. The second kappa shape index (κ2) is 12.9. The van der Waals surface area contributed by atoms with Gasteiger partial charge in [-0.2, -0.15) is 0 Å². The normalized spacial score (nSPS) is 18.8. The number of hydrogen-bond donors (Lipinski definition) is 1. The van der Waals surface area contributed by atoms with Crippen LogP contribution in [0.5, 0.6) is 0 Å². The lowest BCUT2D eigenvalue weighted by Crippen LogP contribution is -2.46. The van der Waals surface area contributed by atoms with Gasteiger partial charge in [0.05, 0.1) is 0 Å². The van der Waals surface area contributed by atoms with Gasteiger partial charge in [-0.05, 0) is 44.8 Å². The van der Waals surface area contributed by atoms with Crippen LogP contribution in [0, 0.1) is 5.92 Å². The number of piperazine rings is 1. The molecule has 1 aliphatic heterocycles. The van der Waals surface area contributed by atoms with E-state index in [1.807, 2.05) is 13.8 Å². The lowest BCUT2D eigenvalue weighted by Gasteiger charge is -2.34. The molecule has 1 heterocycles. The Morgan fingerprint density at radius 1 is 0.947 bits per heavy atom. The highest BCUT2D eigenvalue weighted by atomic mass is 15.3. The van der Waals surface area contributed by atoms with Gasteiger partial charge in [0.2, 0.25) is 0 Å². The van der Waals surface area contributed by atoms with Crippen molar-refractivity contribution in [2.24, 2.45) is 11.7 Å². The summed E-state index contributed by atoms with van der Waals surface area (Å²) in [6.45, 7) is 17.0. The molecule has 0 aromatic rings. The molecule has 0 saturated carbocycles. The van der Waals surface area contributed by atoms with Crippen LogP contribution in [-0.4, -0.2) is 55.6 Å². The first kappa shape index (κ1) is 18.9. The van der Waals surface area contributed by atoms with Crippen LogP contribution in [-0.2, 0) is 0 Å². The van der Waals surface area contributed by atoms with Crippen LogP contribution in [0.1, 0.15) is 53.4 Å². The second-order valence-corrected chi connectivity index (χ2v) is 5.27. The first-order valence-corrected chi connectivity index (χ1v) is 8.44. The van der Waals surface area contributed by atoms with E-state index in [1.165, 1.54) is 65.0 Å². The van der Waals surface area contributed by atoms with Gasteiger partial charge in [0, 0.05) is 26.2 Å². The molecule has 116 valence electrons. The largest absolute Gasteiger partial charge is 0.330 e. The summed E-state index contributed by atoms with van der Waals surface area (Å²) in [6.07, 6.45) is 5.22. The van der Waals surface area contributed by atoms with Gasteiger partial charge in [-0.25, -0.2) is 0 Å². The Bertz CT molecular complexity index is 177. The third-order valence-electron chi connectivity index (χ3n) is 4.15. The molecule has 19 heavy (non-hydrogen) atoms. The zero-order chi connectivity index (χ0) is 14.5. The minimum atomic E-state index is 0.855. The molecule has 1 fully saturated rings. The number of nitrogens with zero attached hydrogens (tertiary/aromatic N) is 2.